The number of aliphatic hydroxyl groups excluding tert-OH is 1. The summed E-state index contributed by atoms with van der Waals surface area (Å²) in [7, 11) is 4.75. The molecule has 0 aliphatic heterocycles. The molecule has 0 amide bonds. The highest BCUT2D eigenvalue weighted by atomic mass is 16.3. The molecule has 0 rings (SSSR count). The second kappa shape index (κ2) is 2.36. The lowest BCUT2D eigenvalue weighted by atomic mass is 9.48. The standard InChI is InChI=1S/C3H12B3NO2/c4-2(7,1-8)3(5,6)9/h8-9H,1,4-7H2/t2-/m0/s1. The van der Waals surface area contributed by atoms with E-state index >= 15 is 0 Å². The van der Waals surface area contributed by atoms with Crippen LogP contribution in [0, 0.1) is 0 Å². The summed E-state index contributed by atoms with van der Waals surface area (Å²) >= 11 is 0. The molecule has 1 atom stereocenters. The van der Waals surface area contributed by atoms with Gasteiger partial charge in [0.25, 0.3) is 0 Å². The van der Waals surface area contributed by atoms with Crippen LogP contribution in [0.1, 0.15) is 0 Å². The van der Waals surface area contributed by atoms with Crippen LogP contribution in [0.2, 0.25) is 0 Å². The summed E-state index contributed by atoms with van der Waals surface area (Å²) in [6, 6.07) is 0. The minimum absolute atomic E-state index is 0.212. The fraction of sp³-hybridized carbons (Fsp3) is 1.00. The fourth-order valence-electron chi connectivity index (χ4n) is 0.193. The summed E-state index contributed by atoms with van der Waals surface area (Å²) in [4.78, 5) is 0. The Morgan fingerprint density at radius 3 is 1.67 bits per heavy atom. The molecule has 0 fully saturated rings. The van der Waals surface area contributed by atoms with E-state index in [1.54, 1.807) is 23.5 Å². The molecular weight excluding hydrogens is 114 g/mol. The van der Waals surface area contributed by atoms with E-state index in [9.17, 15) is 5.11 Å². The van der Waals surface area contributed by atoms with E-state index in [4.69, 9.17) is 10.8 Å². The summed E-state index contributed by atoms with van der Waals surface area (Å²) in [6.45, 7) is -0.212. The summed E-state index contributed by atoms with van der Waals surface area (Å²) in [5.74, 6) is 0. The van der Waals surface area contributed by atoms with Gasteiger partial charge in [-0.25, -0.2) is 0 Å². The first-order valence-corrected chi connectivity index (χ1v) is 2.93. The van der Waals surface area contributed by atoms with Crippen LogP contribution in [-0.2, 0) is 0 Å². The van der Waals surface area contributed by atoms with Crippen molar-refractivity contribution < 1.29 is 10.2 Å². The highest BCUT2D eigenvalue weighted by molar-refractivity contribution is 6.44. The Balaban J connectivity index is 4.14. The first kappa shape index (κ1) is 9.07. The van der Waals surface area contributed by atoms with Gasteiger partial charge < -0.3 is 15.9 Å². The number of hydrogen-bond donors (Lipinski definition) is 3. The van der Waals surface area contributed by atoms with Crippen molar-refractivity contribution in [3.63, 3.8) is 0 Å². The second-order valence-corrected chi connectivity index (χ2v) is 3.13. The number of hydrogen-bond acceptors (Lipinski definition) is 3. The molecule has 4 N–H and O–H groups in total. The van der Waals surface area contributed by atoms with E-state index in [0.717, 1.165) is 0 Å². The molecule has 0 saturated carbocycles. The van der Waals surface area contributed by atoms with Crippen molar-refractivity contribution in [3.05, 3.63) is 0 Å². The molecule has 0 radical (unpaired) electrons. The zero-order valence-electron chi connectivity index (χ0n) is 6.18. The highest BCUT2D eigenvalue weighted by Gasteiger charge is 2.34. The van der Waals surface area contributed by atoms with Crippen molar-refractivity contribution in [1.82, 2.24) is 0 Å². The third-order valence-electron chi connectivity index (χ3n) is 1.73. The van der Waals surface area contributed by atoms with Gasteiger partial charge in [-0.3, -0.25) is 0 Å². The molecule has 0 unspecified atom stereocenters. The van der Waals surface area contributed by atoms with Gasteiger partial charge in [0.2, 0.25) is 0 Å². The maximum absolute atomic E-state index is 9.26. The molecule has 0 saturated heterocycles. The second-order valence-electron chi connectivity index (χ2n) is 3.13. The summed E-state index contributed by atoms with van der Waals surface area (Å²) < 4.78 is 0. The number of aliphatic hydroxyl groups is 2. The van der Waals surface area contributed by atoms with Crippen molar-refractivity contribution in [3.8, 4) is 0 Å². The molecule has 6 heteroatoms. The van der Waals surface area contributed by atoms with Crippen LogP contribution in [0.4, 0.5) is 0 Å². The predicted molar refractivity (Wildman–Crippen MR) is 44.6 cm³/mol. The normalized spacial score (nSPS) is 19.0. The van der Waals surface area contributed by atoms with Crippen LogP contribution in [0.25, 0.3) is 0 Å². The molecule has 0 spiro atoms. The van der Waals surface area contributed by atoms with Crippen molar-refractivity contribution in [1.29, 1.82) is 0 Å². The molecule has 9 heavy (non-hydrogen) atoms. The highest BCUT2D eigenvalue weighted by Crippen LogP contribution is 2.06. The van der Waals surface area contributed by atoms with Gasteiger partial charge in [0.15, 0.2) is 0 Å². The summed E-state index contributed by atoms with van der Waals surface area (Å²) in [6.07, 6.45) is 0. The first-order chi connectivity index (χ1) is 3.81. The SMILES string of the molecule is BC(B)(O)[C@@](B)(N)CO. The van der Waals surface area contributed by atoms with E-state index in [2.05, 4.69) is 0 Å². The smallest absolute Gasteiger partial charge is 0.133 e. The van der Waals surface area contributed by atoms with E-state index < -0.39 is 10.8 Å². The molecule has 0 aromatic heterocycles. The van der Waals surface area contributed by atoms with E-state index in [0.29, 0.717) is 0 Å². The quantitative estimate of drug-likeness (QED) is 0.326. The van der Waals surface area contributed by atoms with Gasteiger partial charge in [0.05, 0.1) is 6.61 Å². The Morgan fingerprint density at radius 2 is 1.67 bits per heavy atom. The van der Waals surface area contributed by atoms with Crippen molar-refractivity contribution in [2.75, 3.05) is 6.61 Å². The van der Waals surface area contributed by atoms with Gasteiger partial charge in [-0.1, -0.05) is 0 Å². The minimum Gasteiger partial charge on any atom is -0.407 e. The molecular formula is C3H12B3NO2. The predicted octanol–water partition coefficient (Wildman–Crippen LogP) is -4.82. The van der Waals surface area contributed by atoms with Gasteiger partial charge in [-0.15, -0.1) is 0 Å². The molecule has 0 heterocycles. The summed E-state index contributed by atoms with van der Waals surface area (Å²) in [5, 5.41) is 16.9. The monoisotopic (exact) mass is 127 g/mol. The lowest BCUT2D eigenvalue weighted by Crippen LogP contribution is -2.64. The van der Waals surface area contributed by atoms with E-state index in [1.807, 2.05) is 0 Å². The molecule has 50 valence electrons. The largest absolute Gasteiger partial charge is 0.407 e. The zero-order valence-corrected chi connectivity index (χ0v) is 6.18. The average molecular weight is 127 g/mol. The maximum atomic E-state index is 9.26. The maximum Gasteiger partial charge on any atom is 0.133 e. The minimum atomic E-state index is -1.03. The molecule has 0 aliphatic carbocycles. The third-order valence-corrected chi connectivity index (χ3v) is 1.73. The average Bonchev–Trinajstić information content (AvgIpc) is 1.64. The number of rotatable bonds is 2. The molecule has 0 aromatic carbocycles. The van der Waals surface area contributed by atoms with Crippen LogP contribution in [0.3, 0.4) is 0 Å². The lowest BCUT2D eigenvalue weighted by Gasteiger charge is -2.35. The van der Waals surface area contributed by atoms with Gasteiger partial charge in [0, 0.05) is 10.8 Å². The topological polar surface area (TPSA) is 66.5 Å². The number of nitrogens with two attached hydrogens (primary N) is 1. The van der Waals surface area contributed by atoms with Crippen molar-refractivity contribution in [2.45, 2.75) is 10.8 Å². The van der Waals surface area contributed by atoms with Gasteiger partial charge in [0.1, 0.15) is 23.5 Å². The van der Waals surface area contributed by atoms with Gasteiger partial charge >= 0.3 is 0 Å². The Kier molecular flexibility index (Phi) is 2.38. The Morgan fingerprint density at radius 1 is 1.33 bits per heavy atom. The third kappa shape index (κ3) is 2.04. The van der Waals surface area contributed by atoms with Crippen molar-refractivity contribution >= 4 is 23.5 Å². The zero-order chi connectivity index (χ0) is 7.71. The molecule has 0 aromatic rings. The van der Waals surface area contributed by atoms with Crippen LogP contribution < -0.4 is 5.73 Å². The Bertz CT molecular complexity index is 99.7. The Labute approximate surface area is 57.9 Å². The Hall–Kier alpha value is 0.0748. The molecule has 3 nitrogen and oxygen atoms in total. The van der Waals surface area contributed by atoms with Crippen LogP contribution in [0.15, 0.2) is 0 Å². The van der Waals surface area contributed by atoms with Crippen molar-refractivity contribution in [2.24, 2.45) is 5.73 Å². The van der Waals surface area contributed by atoms with Crippen LogP contribution >= 0.6 is 0 Å². The van der Waals surface area contributed by atoms with E-state index in [1.165, 1.54) is 0 Å². The first-order valence-electron chi connectivity index (χ1n) is 2.93. The molecule has 0 bridgehead atoms. The lowest BCUT2D eigenvalue weighted by molar-refractivity contribution is 0.114. The van der Waals surface area contributed by atoms with Crippen LogP contribution in [-0.4, -0.2) is 51.2 Å². The fourth-order valence-corrected chi connectivity index (χ4v) is 0.193. The van der Waals surface area contributed by atoms with Gasteiger partial charge in [-0.05, 0) is 0 Å². The van der Waals surface area contributed by atoms with Crippen LogP contribution in [0.5, 0.6) is 0 Å². The van der Waals surface area contributed by atoms with E-state index in [-0.39, 0.29) is 6.61 Å². The van der Waals surface area contributed by atoms with Gasteiger partial charge in [-0.2, -0.15) is 0 Å². The summed E-state index contributed by atoms with van der Waals surface area (Å²) in [5.41, 5.74) is 4.58. The molecule has 0 aliphatic rings.